The van der Waals surface area contributed by atoms with Crippen molar-refractivity contribution in [1.29, 1.82) is 0 Å². The van der Waals surface area contributed by atoms with Crippen LogP contribution in [0.3, 0.4) is 0 Å². The number of nitrogens with one attached hydrogen (secondary N) is 1. The lowest BCUT2D eigenvalue weighted by Crippen LogP contribution is -2.44. The third kappa shape index (κ3) is 4.86. The average Bonchev–Trinajstić information content (AvgIpc) is 2.85. The molecule has 32 heavy (non-hydrogen) atoms. The van der Waals surface area contributed by atoms with Crippen LogP contribution in [0.4, 0.5) is 0 Å². The molecule has 0 unspecified atom stereocenters. The predicted molar refractivity (Wildman–Crippen MR) is 127 cm³/mol. The number of ether oxygens (including phenoxy) is 1. The normalized spacial score (nSPS) is 16.3. The molecule has 1 heterocycles. The lowest BCUT2D eigenvalue weighted by molar-refractivity contribution is -0.121. The zero-order chi connectivity index (χ0) is 22.4. The molecule has 4 rings (SSSR count). The summed E-state index contributed by atoms with van der Waals surface area (Å²) < 4.78 is 5.62. The van der Waals surface area contributed by atoms with Crippen molar-refractivity contribution in [3.63, 3.8) is 0 Å². The molecule has 1 fully saturated rings. The standard InChI is InChI=1S/C28H31NO3/c1-21-9-8-14-24(27(21)31)25(22-10-4-2-5-11-22)19-26(30)29-20-28(15-17-32-18-16-28)23-12-6-3-7-13-23/h2-14,25,31H,15-20H2,1H3,(H,29,30)/t25-/m1/s1. The Morgan fingerprint density at radius 1 is 0.969 bits per heavy atom. The van der Waals surface area contributed by atoms with Crippen LogP contribution >= 0.6 is 0 Å². The number of carbonyl (C=O) groups excluding carboxylic acids is 1. The quantitative estimate of drug-likeness (QED) is 0.550. The summed E-state index contributed by atoms with van der Waals surface area (Å²) in [5.41, 5.74) is 3.76. The summed E-state index contributed by atoms with van der Waals surface area (Å²) in [7, 11) is 0. The highest BCUT2D eigenvalue weighted by Gasteiger charge is 2.35. The number of hydrogen-bond acceptors (Lipinski definition) is 3. The van der Waals surface area contributed by atoms with Crippen LogP contribution in [0, 0.1) is 6.92 Å². The fourth-order valence-corrected chi connectivity index (χ4v) is 4.70. The summed E-state index contributed by atoms with van der Waals surface area (Å²) in [6, 6.07) is 26.1. The molecule has 4 nitrogen and oxygen atoms in total. The molecule has 2 N–H and O–H groups in total. The van der Waals surface area contributed by atoms with Crippen LogP contribution in [-0.4, -0.2) is 30.8 Å². The van der Waals surface area contributed by atoms with Gasteiger partial charge in [-0.25, -0.2) is 0 Å². The van der Waals surface area contributed by atoms with Gasteiger partial charge >= 0.3 is 0 Å². The highest BCUT2D eigenvalue weighted by Crippen LogP contribution is 2.37. The van der Waals surface area contributed by atoms with Crippen molar-refractivity contribution in [2.24, 2.45) is 0 Å². The van der Waals surface area contributed by atoms with E-state index in [0.717, 1.165) is 29.5 Å². The van der Waals surface area contributed by atoms with Gasteiger partial charge < -0.3 is 15.2 Å². The lowest BCUT2D eigenvalue weighted by Gasteiger charge is -2.38. The molecule has 1 saturated heterocycles. The van der Waals surface area contributed by atoms with Gasteiger partial charge in [0.1, 0.15) is 5.75 Å². The smallest absolute Gasteiger partial charge is 0.220 e. The van der Waals surface area contributed by atoms with Gasteiger partial charge in [0.2, 0.25) is 5.91 Å². The molecule has 3 aromatic carbocycles. The minimum atomic E-state index is -0.210. The zero-order valence-electron chi connectivity index (χ0n) is 18.6. The molecule has 0 aromatic heterocycles. The zero-order valence-corrected chi connectivity index (χ0v) is 18.6. The van der Waals surface area contributed by atoms with E-state index in [4.69, 9.17) is 4.74 Å². The summed E-state index contributed by atoms with van der Waals surface area (Å²) in [6.45, 7) is 3.87. The maximum Gasteiger partial charge on any atom is 0.220 e. The van der Waals surface area contributed by atoms with Crippen LogP contribution in [0.15, 0.2) is 78.9 Å². The average molecular weight is 430 g/mol. The molecule has 1 atom stereocenters. The molecule has 0 saturated carbocycles. The van der Waals surface area contributed by atoms with Crippen LogP contribution in [0.5, 0.6) is 5.75 Å². The van der Waals surface area contributed by atoms with E-state index in [1.54, 1.807) is 0 Å². The number of amides is 1. The highest BCUT2D eigenvalue weighted by atomic mass is 16.5. The number of carbonyl (C=O) groups is 1. The van der Waals surface area contributed by atoms with Gasteiger partial charge in [0.25, 0.3) is 0 Å². The van der Waals surface area contributed by atoms with Gasteiger partial charge in [-0.1, -0.05) is 78.9 Å². The second kappa shape index (κ2) is 10.0. The Labute approximate surface area is 190 Å². The first-order chi connectivity index (χ1) is 15.6. The van der Waals surface area contributed by atoms with Gasteiger partial charge in [0, 0.05) is 43.1 Å². The predicted octanol–water partition coefficient (Wildman–Crippen LogP) is 5.09. The SMILES string of the molecule is Cc1cccc([C@H](CC(=O)NCC2(c3ccccc3)CCOCC2)c2ccccc2)c1O. The van der Waals surface area contributed by atoms with Crippen molar-refractivity contribution in [2.45, 2.75) is 37.5 Å². The minimum Gasteiger partial charge on any atom is -0.507 e. The molecular weight excluding hydrogens is 398 g/mol. The van der Waals surface area contributed by atoms with E-state index < -0.39 is 0 Å². The van der Waals surface area contributed by atoms with E-state index in [1.807, 2.05) is 61.5 Å². The van der Waals surface area contributed by atoms with Gasteiger partial charge in [-0.2, -0.15) is 0 Å². The Morgan fingerprint density at radius 2 is 1.62 bits per heavy atom. The highest BCUT2D eigenvalue weighted by molar-refractivity contribution is 5.78. The van der Waals surface area contributed by atoms with Gasteiger partial charge in [-0.05, 0) is 36.5 Å². The molecule has 0 spiro atoms. The monoisotopic (exact) mass is 429 g/mol. The fraction of sp³-hybridized carbons (Fsp3) is 0.321. The molecule has 0 radical (unpaired) electrons. The maximum absolute atomic E-state index is 13.2. The molecule has 4 heteroatoms. The Kier molecular flexibility index (Phi) is 6.91. The summed E-state index contributed by atoms with van der Waals surface area (Å²) in [6.07, 6.45) is 2.05. The second-order valence-corrected chi connectivity index (χ2v) is 8.72. The first kappa shape index (κ1) is 22.1. The largest absolute Gasteiger partial charge is 0.507 e. The summed E-state index contributed by atoms with van der Waals surface area (Å²) >= 11 is 0. The van der Waals surface area contributed by atoms with Crippen LogP contribution in [-0.2, 0) is 14.9 Å². The van der Waals surface area contributed by atoms with Crippen molar-refractivity contribution in [3.8, 4) is 5.75 Å². The van der Waals surface area contributed by atoms with Gasteiger partial charge in [0.15, 0.2) is 0 Å². The van der Waals surface area contributed by atoms with Crippen molar-refractivity contribution >= 4 is 5.91 Å². The van der Waals surface area contributed by atoms with Gasteiger partial charge in [-0.15, -0.1) is 0 Å². The van der Waals surface area contributed by atoms with Crippen LogP contribution in [0.25, 0.3) is 0 Å². The Morgan fingerprint density at radius 3 is 2.31 bits per heavy atom. The Hall–Kier alpha value is -3.11. The molecule has 0 bridgehead atoms. The Bertz CT molecular complexity index is 1030. The van der Waals surface area contributed by atoms with Crippen LogP contribution in [0.1, 0.15) is 47.4 Å². The number of phenols is 1. The van der Waals surface area contributed by atoms with E-state index in [0.29, 0.717) is 19.8 Å². The molecule has 166 valence electrons. The molecule has 1 aliphatic heterocycles. The topological polar surface area (TPSA) is 58.6 Å². The fourth-order valence-electron chi connectivity index (χ4n) is 4.70. The van der Waals surface area contributed by atoms with Gasteiger partial charge in [-0.3, -0.25) is 4.79 Å². The van der Waals surface area contributed by atoms with Crippen molar-refractivity contribution in [2.75, 3.05) is 19.8 Å². The number of hydrogen-bond donors (Lipinski definition) is 2. The van der Waals surface area contributed by atoms with Crippen molar-refractivity contribution < 1.29 is 14.6 Å². The maximum atomic E-state index is 13.2. The summed E-state index contributed by atoms with van der Waals surface area (Å²) in [5, 5.41) is 13.9. The Balaban J connectivity index is 1.54. The number of benzene rings is 3. The second-order valence-electron chi connectivity index (χ2n) is 8.72. The number of rotatable bonds is 7. The first-order valence-corrected chi connectivity index (χ1v) is 11.3. The lowest BCUT2D eigenvalue weighted by atomic mass is 9.74. The molecular formula is C28H31NO3. The first-order valence-electron chi connectivity index (χ1n) is 11.3. The minimum absolute atomic E-state index is 0.0124. The van der Waals surface area contributed by atoms with E-state index in [2.05, 4.69) is 29.6 Å². The van der Waals surface area contributed by atoms with E-state index in [-0.39, 0.29) is 29.4 Å². The summed E-state index contributed by atoms with van der Waals surface area (Å²) in [5.74, 6) is 0.0411. The molecule has 3 aromatic rings. The molecule has 1 amide bonds. The van der Waals surface area contributed by atoms with Crippen molar-refractivity contribution in [3.05, 3.63) is 101 Å². The van der Waals surface area contributed by atoms with Gasteiger partial charge in [0.05, 0.1) is 0 Å². The number of para-hydroxylation sites is 1. The third-order valence-electron chi connectivity index (χ3n) is 6.70. The van der Waals surface area contributed by atoms with E-state index >= 15 is 0 Å². The van der Waals surface area contributed by atoms with Crippen molar-refractivity contribution in [1.82, 2.24) is 5.32 Å². The van der Waals surface area contributed by atoms with Crippen LogP contribution < -0.4 is 5.32 Å². The third-order valence-corrected chi connectivity index (χ3v) is 6.70. The number of aryl methyl sites for hydroxylation is 1. The number of phenolic OH excluding ortho intramolecular Hbond substituents is 1. The van der Waals surface area contributed by atoms with E-state index in [9.17, 15) is 9.90 Å². The van der Waals surface area contributed by atoms with E-state index in [1.165, 1.54) is 5.56 Å². The molecule has 1 aliphatic rings. The number of aromatic hydroxyl groups is 1. The summed E-state index contributed by atoms with van der Waals surface area (Å²) in [4.78, 5) is 13.2. The molecule has 0 aliphatic carbocycles. The van der Waals surface area contributed by atoms with Crippen LogP contribution in [0.2, 0.25) is 0 Å².